The van der Waals surface area contributed by atoms with E-state index in [0.29, 0.717) is 37.6 Å². The number of esters is 1. The highest BCUT2D eigenvalue weighted by molar-refractivity contribution is 5.88. The molecule has 7 heteroatoms. The van der Waals surface area contributed by atoms with Crippen molar-refractivity contribution in [3.8, 4) is 0 Å². The van der Waals surface area contributed by atoms with Gasteiger partial charge in [0.25, 0.3) is 0 Å². The van der Waals surface area contributed by atoms with Crippen LogP contribution >= 0.6 is 0 Å². The van der Waals surface area contributed by atoms with Crippen molar-refractivity contribution < 1.29 is 14.3 Å². The lowest BCUT2D eigenvalue weighted by Gasteiger charge is -2.46. The molecule has 2 amide bonds. The van der Waals surface area contributed by atoms with Gasteiger partial charge in [0, 0.05) is 48.7 Å². The van der Waals surface area contributed by atoms with Gasteiger partial charge in [-0.05, 0) is 56.3 Å². The quantitative estimate of drug-likeness (QED) is 0.667. The Morgan fingerprint density at radius 3 is 2.94 bits per heavy atom. The van der Waals surface area contributed by atoms with Gasteiger partial charge in [-0.2, -0.15) is 0 Å². The second kappa shape index (κ2) is 9.30. The lowest BCUT2D eigenvalue weighted by molar-refractivity contribution is -0.143. The first-order chi connectivity index (χ1) is 15.0. The second-order valence-corrected chi connectivity index (χ2v) is 8.92. The number of aromatic amines is 1. The molecule has 3 atom stereocenters. The third-order valence-corrected chi connectivity index (χ3v) is 6.73. The smallest absolute Gasteiger partial charge is 0.325 e. The van der Waals surface area contributed by atoms with E-state index in [4.69, 9.17) is 4.74 Å². The number of nitrogens with zero attached hydrogens (tertiary/aromatic N) is 2. The van der Waals surface area contributed by atoms with Crippen LogP contribution in [0.15, 0.2) is 24.4 Å². The van der Waals surface area contributed by atoms with Crippen molar-refractivity contribution in [3.63, 3.8) is 0 Å². The molecule has 7 nitrogen and oxygen atoms in total. The van der Waals surface area contributed by atoms with E-state index < -0.39 is 0 Å². The number of ether oxygens (including phenoxy) is 1. The van der Waals surface area contributed by atoms with Crippen LogP contribution in [0.25, 0.3) is 10.9 Å². The van der Waals surface area contributed by atoms with Gasteiger partial charge in [-0.1, -0.05) is 19.1 Å². The van der Waals surface area contributed by atoms with Crippen LogP contribution in [0.5, 0.6) is 0 Å². The van der Waals surface area contributed by atoms with Crippen molar-refractivity contribution >= 4 is 22.9 Å². The number of piperidine rings is 1. The highest BCUT2D eigenvalue weighted by Crippen LogP contribution is 2.44. The fourth-order valence-electron chi connectivity index (χ4n) is 5.42. The normalized spacial score (nSPS) is 22.7. The number of hydrogen-bond acceptors (Lipinski definition) is 4. The van der Waals surface area contributed by atoms with Gasteiger partial charge in [0.15, 0.2) is 0 Å². The monoisotopic (exact) mass is 426 g/mol. The molecule has 2 aromatic rings. The summed E-state index contributed by atoms with van der Waals surface area (Å²) < 4.78 is 5.12. The molecule has 1 aromatic carbocycles. The number of hydrogen-bond donors (Lipinski definition) is 2. The van der Waals surface area contributed by atoms with Crippen LogP contribution < -0.4 is 5.32 Å². The van der Waals surface area contributed by atoms with Gasteiger partial charge in [0.1, 0.15) is 6.54 Å². The van der Waals surface area contributed by atoms with Gasteiger partial charge in [-0.25, -0.2) is 4.79 Å². The van der Waals surface area contributed by atoms with Gasteiger partial charge < -0.3 is 24.8 Å². The number of nitrogens with one attached hydrogen (secondary N) is 2. The fourth-order valence-corrected chi connectivity index (χ4v) is 5.42. The Hall–Kier alpha value is -2.54. The average molecular weight is 427 g/mol. The Kier molecular flexibility index (Phi) is 6.51. The summed E-state index contributed by atoms with van der Waals surface area (Å²) in [5, 5.41) is 4.30. The van der Waals surface area contributed by atoms with Gasteiger partial charge >= 0.3 is 12.0 Å². The van der Waals surface area contributed by atoms with Crippen LogP contribution in [0.1, 0.15) is 43.7 Å². The molecule has 1 aliphatic carbocycles. The molecule has 1 aliphatic heterocycles. The maximum atomic E-state index is 12.8. The number of benzene rings is 1. The zero-order chi connectivity index (χ0) is 22.0. The first-order valence-corrected chi connectivity index (χ1v) is 11.5. The Morgan fingerprint density at radius 2 is 2.16 bits per heavy atom. The lowest BCUT2D eigenvalue weighted by Crippen LogP contribution is -2.52. The second-order valence-electron chi connectivity index (χ2n) is 8.92. The SMILES string of the molecule is CCCNC(=O)N(CC(=O)OCC)C[C@@H]1C[C@@H]2c3cccc4[nH]cc(c34)C[C@H]2N(C)C1. The summed E-state index contributed by atoms with van der Waals surface area (Å²) in [7, 11) is 2.19. The van der Waals surface area contributed by atoms with Crippen molar-refractivity contribution in [2.24, 2.45) is 5.92 Å². The Bertz CT molecular complexity index is 940. The molecule has 2 heterocycles. The van der Waals surface area contributed by atoms with E-state index in [1.165, 1.54) is 22.0 Å². The first kappa shape index (κ1) is 21.7. The molecule has 1 fully saturated rings. The largest absolute Gasteiger partial charge is 0.465 e. The minimum Gasteiger partial charge on any atom is -0.465 e. The summed E-state index contributed by atoms with van der Waals surface area (Å²) in [6, 6.07) is 6.83. The van der Waals surface area contributed by atoms with Crippen molar-refractivity contribution in [1.29, 1.82) is 0 Å². The van der Waals surface area contributed by atoms with E-state index in [1.54, 1.807) is 11.8 Å². The molecule has 0 radical (unpaired) electrons. The number of H-pyrrole nitrogens is 1. The summed E-state index contributed by atoms with van der Waals surface area (Å²) in [6.07, 6.45) is 5.08. The maximum absolute atomic E-state index is 12.8. The number of carbonyl (C=O) groups excluding carboxylic acids is 2. The summed E-state index contributed by atoms with van der Waals surface area (Å²) in [5.41, 5.74) is 4.02. The van der Waals surface area contributed by atoms with E-state index in [2.05, 4.69) is 46.6 Å². The Balaban J connectivity index is 1.53. The van der Waals surface area contributed by atoms with Gasteiger partial charge in [0.2, 0.25) is 0 Å². The highest BCUT2D eigenvalue weighted by Gasteiger charge is 2.40. The van der Waals surface area contributed by atoms with Crippen LogP contribution in [-0.2, 0) is 16.0 Å². The third-order valence-electron chi connectivity index (χ3n) is 6.73. The minimum absolute atomic E-state index is 0.00472. The Labute approximate surface area is 184 Å². The van der Waals surface area contributed by atoms with Crippen LogP contribution in [0.3, 0.4) is 0 Å². The lowest BCUT2D eigenvalue weighted by atomic mass is 9.72. The molecule has 31 heavy (non-hydrogen) atoms. The maximum Gasteiger partial charge on any atom is 0.325 e. The van der Waals surface area contributed by atoms with Gasteiger partial charge in [-0.15, -0.1) is 0 Å². The van der Waals surface area contributed by atoms with Crippen LogP contribution in [0.4, 0.5) is 4.79 Å². The summed E-state index contributed by atoms with van der Waals surface area (Å²) in [4.78, 5) is 32.4. The zero-order valence-electron chi connectivity index (χ0n) is 18.8. The number of amides is 2. The molecule has 168 valence electrons. The van der Waals surface area contributed by atoms with Crippen LogP contribution in [0.2, 0.25) is 0 Å². The topological polar surface area (TPSA) is 77.7 Å². The predicted octanol–water partition coefficient (Wildman–Crippen LogP) is 3.11. The molecular weight excluding hydrogens is 392 g/mol. The van der Waals surface area contributed by atoms with Gasteiger partial charge in [0.05, 0.1) is 6.61 Å². The van der Waals surface area contributed by atoms with Gasteiger partial charge in [-0.3, -0.25) is 4.79 Å². The number of urea groups is 1. The summed E-state index contributed by atoms with van der Waals surface area (Å²) in [5.74, 6) is 0.373. The number of carbonyl (C=O) groups is 2. The molecule has 0 spiro atoms. The number of likely N-dealkylation sites (N-methyl/N-ethyl adjacent to an activating group) is 1. The molecule has 2 aliphatic rings. The number of fused-ring (bicyclic) bond motifs is 2. The third kappa shape index (κ3) is 4.42. The van der Waals surface area contributed by atoms with Crippen molar-refractivity contribution in [2.45, 2.75) is 45.1 Å². The zero-order valence-corrected chi connectivity index (χ0v) is 18.8. The molecule has 4 rings (SSSR count). The van der Waals surface area contributed by atoms with E-state index in [9.17, 15) is 9.59 Å². The van der Waals surface area contributed by atoms with Crippen molar-refractivity contribution in [2.75, 3.05) is 39.8 Å². The van der Waals surface area contributed by atoms with E-state index in [1.807, 2.05) is 6.92 Å². The first-order valence-electron chi connectivity index (χ1n) is 11.5. The van der Waals surface area contributed by atoms with Crippen molar-refractivity contribution in [1.82, 2.24) is 20.1 Å². The molecule has 0 unspecified atom stereocenters. The molecular formula is C24H34N4O3. The molecule has 1 saturated heterocycles. The fraction of sp³-hybridized carbons (Fsp3) is 0.583. The minimum atomic E-state index is -0.351. The van der Waals surface area contributed by atoms with Crippen LogP contribution in [0, 0.1) is 5.92 Å². The summed E-state index contributed by atoms with van der Waals surface area (Å²) in [6.45, 7) is 6.19. The number of rotatable bonds is 7. The molecule has 2 N–H and O–H groups in total. The Morgan fingerprint density at radius 1 is 1.32 bits per heavy atom. The van der Waals surface area contributed by atoms with E-state index in [-0.39, 0.29) is 18.5 Å². The highest BCUT2D eigenvalue weighted by atomic mass is 16.5. The molecule has 0 bridgehead atoms. The van der Waals surface area contributed by atoms with Crippen molar-refractivity contribution in [3.05, 3.63) is 35.5 Å². The standard InChI is InChI=1S/C24H34N4O3/c1-4-9-25-24(30)28(15-22(29)31-5-2)14-16-10-19-18-7-6-8-20-23(18)17(12-26-20)11-21(19)27(3)13-16/h6-8,12,16,19,21,26H,4-5,9-11,13-15H2,1-3H3,(H,25,30)/t16-,19-,21-/m1/s1. The predicted molar refractivity (Wildman–Crippen MR) is 121 cm³/mol. The number of likely N-dealkylation sites (tertiary alicyclic amines) is 1. The molecule has 1 aromatic heterocycles. The molecule has 0 saturated carbocycles. The van der Waals surface area contributed by atoms with E-state index >= 15 is 0 Å². The number of aromatic nitrogens is 1. The average Bonchev–Trinajstić information content (AvgIpc) is 3.17. The van der Waals surface area contributed by atoms with Crippen LogP contribution in [-0.4, -0.2) is 72.7 Å². The van der Waals surface area contributed by atoms with E-state index in [0.717, 1.165) is 25.8 Å². The summed E-state index contributed by atoms with van der Waals surface area (Å²) >= 11 is 0.